The van der Waals surface area contributed by atoms with Gasteiger partial charge in [0.25, 0.3) is 0 Å². The van der Waals surface area contributed by atoms with E-state index in [0.717, 1.165) is 41.9 Å². The molecular formula is C20H23ClN2O2S. The third-order valence-corrected chi connectivity index (χ3v) is 7.02. The Labute approximate surface area is 162 Å². The lowest BCUT2D eigenvalue weighted by Gasteiger charge is -2.47. The molecule has 2 unspecified atom stereocenters. The first-order valence-corrected chi connectivity index (χ1v) is 10.5. The zero-order chi connectivity index (χ0) is 18.1. The number of aliphatic hydroxyl groups is 1. The van der Waals surface area contributed by atoms with Crippen LogP contribution in [0.1, 0.15) is 37.8 Å². The van der Waals surface area contributed by atoms with E-state index < -0.39 is 5.60 Å². The molecule has 0 spiro atoms. The predicted octanol–water partition coefficient (Wildman–Crippen LogP) is 4.16. The second-order valence-electron chi connectivity index (χ2n) is 7.44. The van der Waals surface area contributed by atoms with E-state index in [0.29, 0.717) is 31.0 Å². The Morgan fingerprint density at radius 2 is 2.19 bits per heavy atom. The van der Waals surface area contributed by atoms with Crippen LogP contribution in [0, 0.1) is 5.92 Å². The van der Waals surface area contributed by atoms with Crippen LogP contribution in [0.5, 0.6) is 0 Å². The number of likely N-dealkylation sites (tertiary alicyclic amines) is 1. The van der Waals surface area contributed by atoms with E-state index in [1.165, 1.54) is 11.3 Å². The number of aromatic nitrogens is 1. The molecule has 0 bridgehead atoms. The van der Waals surface area contributed by atoms with Crippen LogP contribution in [0.3, 0.4) is 0 Å². The lowest BCUT2D eigenvalue weighted by Crippen LogP contribution is -2.54. The van der Waals surface area contributed by atoms with Crippen molar-refractivity contribution in [2.75, 3.05) is 13.1 Å². The van der Waals surface area contributed by atoms with Gasteiger partial charge in [0.15, 0.2) is 0 Å². The lowest BCUT2D eigenvalue weighted by molar-refractivity contribution is -0.142. The normalized spacial score (nSPS) is 25.8. The number of halogens is 1. The predicted molar refractivity (Wildman–Crippen MR) is 104 cm³/mol. The number of thiazole rings is 1. The van der Waals surface area contributed by atoms with Crippen LogP contribution in [0.25, 0.3) is 10.6 Å². The molecule has 4 rings (SSSR count). The summed E-state index contributed by atoms with van der Waals surface area (Å²) in [5.41, 5.74) is 1.15. The van der Waals surface area contributed by atoms with Crippen LogP contribution in [-0.4, -0.2) is 39.6 Å². The summed E-state index contributed by atoms with van der Waals surface area (Å²) in [6, 6.07) is 7.63. The quantitative estimate of drug-likeness (QED) is 0.856. The van der Waals surface area contributed by atoms with E-state index in [1.807, 2.05) is 34.5 Å². The summed E-state index contributed by atoms with van der Waals surface area (Å²) in [5, 5.41) is 14.2. The van der Waals surface area contributed by atoms with E-state index in [-0.39, 0.29) is 11.8 Å². The summed E-state index contributed by atoms with van der Waals surface area (Å²) in [4.78, 5) is 19.3. The van der Waals surface area contributed by atoms with Gasteiger partial charge in [0.2, 0.25) is 5.91 Å². The molecule has 2 aromatic rings. The summed E-state index contributed by atoms with van der Waals surface area (Å²) in [6.07, 6.45) is 5.17. The maximum atomic E-state index is 12.7. The third kappa shape index (κ3) is 3.53. The highest BCUT2D eigenvalue weighted by Gasteiger charge is 2.43. The first-order chi connectivity index (χ1) is 12.5. The third-order valence-electron chi connectivity index (χ3n) is 5.77. The molecule has 6 heteroatoms. The summed E-state index contributed by atoms with van der Waals surface area (Å²) >= 11 is 7.76. The van der Waals surface area contributed by atoms with Gasteiger partial charge in [0.05, 0.1) is 22.7 Å². The summed E-state index contributed by atoms with van der Waals surface area (Å²) in [6.45, 7) is 1.32. The second-order valence-corrected chi connectivity index (χ2v) is 8.70. The van der Waals surface area contributed by atoms with Crippen LogP contribution in [0.4, 0.5) is 0 Å². The molecule has 1 saturated heterocycles. The minimum Gasteiger partial charge on any atom is -0.389 e. The van der Waals surface area contributed by atoms with E-state index in [1.54, 1.807) is 0 Å². The Bertz CT molecular complexity index is 809. The molecule has 2 aliphatic rings. The molecular weight excluding hydrogens is 368 g/mol. The number of carbonyl (C=O) groups is 1. The van der Waals surface area contributed by atoms with Gasteiger partial charge in [-0.2, -0.15) is 0 Å². The van der Waals surface area contributed by atoms with Crippen LogP contribution in [0.2, 0.25) is 5.02 Å². The van der Waals surface area contributed by atoms with Crippen molar-refractivity contribution in [3.63, 3.8) is 0 Å². The van der Waals surface area contributed by atoms with E-state index in [2.05, 4.69) is 4.98 Å². The highest BCUT2D eigenvalue weighted by atomic mass is 35.5. The fraction of sp³-hybridized carbons (Fsp3) is 0.500. The van der Waals surface area contributed by atoms with Gasteiger partial charge >= 0.3 is 0 Å². The van der Waals surface area contributed by atoms with Crippen LogP contribution in [0.15, 0.2) is 29.6 Å². The number of carbonyl (C=O) groups excluding carboxylic acids is 1. The standard InChI is InChI=1S/C20H23ClN2O2S/c21-17-7-2-1-6-16(17)19-22-15(13-26-19)11-18(24)23-10-9-20(25)8-4-3-5-14(20)12-23/h1-2,6-7,13-14,25H,3-5,8-12H2. The van der Waals surface area contributed by atoms with E-state index in [4.69, 9.17) is 11.6 Å². The Kier molecular flexibility index (Phi) is 5.04. The van der Waals surface area contributed by atoms with Gasteiger partial charge in [-0.05, 0) is 25.3 Å². The van der Waals surface area contributed by atoms with Gasteiger partial charge in [-0.1, -0.05) is 42.6 Å². The number of benzene rings is 1. The maximum absolute atomic E-state index is 12.7. The largest absolute Gasteiger partial charge is 0.389 e. The number of rotatable bonds is 3. The molecule has 2 fully saturated rings. The molecule has 2 atom stereocenters. The van der Waals surface area contributed by atoms with E-state index >= 15 is 0 Å². The van der Waals surface area contributed by atoms with Crippen molar-refractivity contribution in [3.05, 3.63) is 40.4 Å². The molecule has 1 N–H and O–H groups in total. The highest BCUT2D eigenvalue weighted by Crippen LogP contribution is 2.40. The molecule has 1 aromatic heterocycles. The number of hydrogen-bond donors (Lipinski definition) is 1. The first kappa shape index (κ1) is 18.0. The molecule has 2 heterocycles. The molecule has 26 heavy (non-hydrogen) atoms. The Hall–Kier alpha value is -1.43. The smallest absolute Gasteiger partial charge is 0.228 e. The van der Waals surface area contributed by atoms with Crippen molar-refractivity contribution < 1.29 is 9.90 Å². The first-order valence-electron chi connectivity index (χ1n) is 9.25. The molecule has 1 amide bonds. The minimum atomic E-state index is -0.549. The van der Waals surface area contributed by atoms with Crippen molar-refractivity contribution >= 4 is 28.8 Å². The van der Waals surface area contributed by atoms with Gasteiger partial charge < -0.3 is 10.0 Å². The molecule has 1 saturated carbocycles. The van der Waals surface area contributed by atoms with Gasteiger partial charge in [-0.3, -0.25) is 4.79 Å². The number of hydrogen-bond acceptors (Lipinski definition) is 4. The zero-order valence-corrected chi connectivity index (χ0v) is 16.2. The zero-order valence-electron chi connectivity index (χ0n) is 14.7. The molecule has 1 aliphatic carbocycles. The van der Waals surface area contributed by atoms with Gasteiger partial charge in [0, 0.05) is 30.0 Å². The van der Waals surface area contributed by atoms with Crippen molar-refractivity contribution in [2.24, 2.45) is 5.92 Å². The second kappa shape index (κ2) is 7.29. The van der Waals surface area contributed by atoms with Crippen LogP contribution >= 0.6 is 22.9 Å². The molecule has 0 radical (unpaired) electrons. The van der Waals surface area contributed by atoms with Crippen molar-refractivity contribution in [3.8, 4) is 10.6 Å². The van der Waals surface area contributed by atoms with Crippen molar-refractivity contribution in [1.82, 2.24) is 9.88 Å². The van der Waals surface area contributed by atoms with Crippen LogP contribution in [-0.2, 0) is 11.2 Å². The van der Waals surface area contributed by atoms with Crippen molar-refractivity contribution in [2.45, 2.75) is 44.1 Å². The fourth-order valence-electron chi connectivity index (χ4n) is 4.21. The number of nitrogens with zero attached hydrogens (tertiary/aromatic N) is 2. The van der Waals surface area contributed by atoms with Gasteiger partial charge in [-0.25, -0.2) is 4.98 Å². The fourth-order valence-corrected chi connectivity index (χ4v) is 5.35. The highest BCUT2D eigenvalue weighted by molar-refractivity contribution is 7.13. The number of fused-ring (bicyclic) bond motifs is 1. The SMILES string of the molecule is O=C(Cc1csc(-c2ccccc2Cl)n1)N1CCC2(O)CCCCC2C1. The number of piperidine rings is 1. The summed E-state index contributed by atoms with van der Waals surface area (Å²) in [5.74, 6) is 0.330. The molecule has 1 aromatic carbocycles. The summed E-state index contributed by atoms with van der Waals surface area (Å²) in [7, 11) is 0. The molecule has 1 aliphatic heterocycles. The maximum Gasteiger partial charge on any atom is 0.228 e. The average Bonchev–Trinajstić information content (AvgIpc) is 3.09. The Balaban J connectivity index is 1.42. The van der Waals surface area contributed by atoms with Gasteiger partial charge in [0.1, 0.15) is 5.01 Å². The monoisotopic (exact) mass is 390 g/mol. The average molecular weight is 391 g/mol. The molecule has 4 nitrogen and oxygen atoms in total. The van der Waals surface area contributed by atoms with E-state index in [9.17, 15) is 9.90 Å². The van der Waals surface area contributed by atoms with Crippen LogP contribution < -0.4 is 0 Å². The van der Waals surface area contributed by atoms with Gasteiger partial charge in [-0.15, -0.1) is 11.3 Å². The van der Waals surface area contributed by atoms with Crippen molar-refractivity contribution in [1.29, 1.82) is 0 Å². The molecule has 138 valence electrons. The topological polar surface area (TPSA) is 53.4 Å². The summed E-state index contributed by atoms with van der Waals surface area (Å²) < 4.78 is 0. The number of amides is 1. The Morgan fingerprint density at radius 1 is 1.35 bits per heavy atom. The lowest BCUT2D eigenvalue weighted by atomic mass is 9.71. The minimum absolute atomic E-state index is 0.105. The Morgan fingerprint density at radius 3 is 3.04 bits per heavy atom.